The topological polar surface area (TPSA) is 46.3 Å². The number of carbonyl (C=O) groups excluding carboxylic acids is 1. The highest BCUT2D eigenvalue weighted by Gasteiger charge is 2.24. The first kappa shape index (κ1) is 11.1. The molecule has 2 N–H and O–H groups in total. The summed E-state index contributed by atoms with van der Waals surface area (Å²) >= 11 is 0. The Kier molecular flexibility index (Phi) is 2.72. The normalized spacial score (nSPS) is 16.8. The molecule has 0 fully saturated rings. The van der Waals surface area contributed by atoms with E-state index in [0.717, 1.165) is 16.8 Å². The van der Waals surface area contributed by atoms with E-state index in [4.69, 9.17) is 5.73 Å². The molecular formula is C13H18N2O. The van der Waals surface area contributed by atoms with Gasteiger partial charge >= 0.3 is 0 Å². The van der Waals surface area contributed by atoms with Crippen LogP contribution in [0.15, 0.2) is 18.2 Å². The van der Waals surface area contributed by atoms with Gasteiger partial charge in [0, 0.05) is 18.8 Å². The van der Waals surface area contributed by atoms with Crippen LogP contribution in [0.25, 0.3) is 0 Å². The van der Waals surface area contributed by atoms with Gasteiger partial charge in [0.1, 0.15) is 0 Å². The summed E-state index contributed by atoms with van der Waals surface area (Å²) in [7, 11) is 1.82. The molecule has 0 aliphatic carbocycles. The molecule has 0 aromatic heterocycles. The van der Waals surface area contributed by atoms with E-state index in [1.807, 2.05) is 19.2 Å². The third kappa shape index (κ3) is 1.71. The Morgan fingerprint density at radius 2 is 2.06 bits per heavy atom. The summed E-state index contributed by atoms with van der Waals surface area (Å²) in [5.74, 6) is 0.568. The summed E-state index contributed by atoms with van der Waals surface area (Å²) in [6, 6.07) is 6.14. The fourth-order valence-electron chi connectivity index (χ4n) is 2.08. The second kappa shape index (κ2) is 3.91. The van der Waals surface area contributed by atoms with Crippen LogP contribution in [0.4, 0.5) is 5.69 Å². The second-order valence-corrected chi connectivity index (χ2v) is 4.79. The minimum atomic E-state index is 0.0475. The van der Waals surface area contributed by atoms with Crippen molar-refractivity contribution in [3.05, 3.63) is 29.3 Å². The number of benzene rings is 1. The maximum Gasteiger partial charge on any atom is 0.231 e. The number of nitrogens with zero attached hydrogens (tertiary/aromatic N) is 1. The van der Waals surface area contributed by atoms with Crippen LogP contribution in [0.3, 0.4) is 0 Å². The van der Waals surface area contributed by atoms with Gasteiger partial charge in [-0.15, -0.1) is 0 Å². The van der Waals surface area contributed by atoms with Gasteiger partial charge in [-0.25, -0.2) is 0 Å². The van der Waals surface area contributed by atoms with Crippen molar-refractivity contribution >= 4 is 11.6 Å². The average Bonchev–Trinajstić information content (AvgIpc) is 2.53. The highest BCUT2D eigenvalue weighted by atomic mass is 16.2. The van der Waals surface area contributed by atoms with Crippen molar-refractivity contribution < 1.29 is 4.79 Å². The van der Waals surface area contributed by atoms with Crippen molar-refractivity contribution in [2.24, 2.45) is 11.7 Å². The maximum atomic E-state index is 11.5. The van der Waals surface area contributed by atoms with Crippen molar-refractivity contribution in [2.75, 3.05) is 11.9 Å². The number of hydrogen-bond acceptors (Lipinski definition) is 2. The number of rotatable bonds is 2. The van der Waals surface area contributed by atoms with Crippen LogP contribution in [-0.2, 0) is 11.2 Å². The molecule has 1 aromatic carbocycles. The second-order valence-electron chi connectivity index (χ2n) is 4.79. The molecule has 1 atom stereocenters. The Balaban J connectivity index is 2.35. The van der Waals surface area contributed by atoms with E-state index in [0.29, 0.717) is 12.3 Å². The molecule has 1 heterocycles. The van der Waals surface area contributed by atoms with Crippen molar-refractivity contribution in [1.82, 2.24) is 0 Å². The molecule has 1 aromatic rings. The molecule has 0 bridgehead atoms. The largest absolute Gasteiger partial charge is 0.324 e. The summed E-state index contributed by atoms with van der Waals surface area (Å²) in [6.07, 6.45) is 0.504. The van der Waals surface area contributed by atoms with Gasteiger partial charge in [0.25, 0.3) is 0 Å². The summed E-state index contributed by atoms with van der Waals surface area (Å²) < 4.78 is 0. The number of nitrogens with two attached hydrogens (primary N) is 1. The van der Waals surface area contributed by atoms with E-state index < -0.39 is 0 Å². The van der Waals surface area contributed by atoms with E-state index in [2.05, 4.69) is 19.9 Å². The average molecular weight is 218 g/mol. The number of fused-ring (bicyclic) bond motifs is 1. The summed E-state index contributed by atoms with van der Waals surface area (Å²) in [4.78, 5) is 13.2. The van der Waals surface area contributed by atoms with E-state index in [9.17, 15) is 4.79 Å². The lowest BCUT2D eigenvalue weighted by molar-refractivity contribution is -0.117. The highest BCUT2D eigenvalue weighted by molar-refractivity contribution is 6.00. The number of hydrogen-bond donors (Lipinski definition) is 1. The van der Waals surface area contributed by atoms with Crippen molar-refractivity contribution in [1.29, 1.82) is 0 Å². The van der Waals surface area contributed by atoms with Crippen LogP contribution in [-0.4, -0.2) is 13.0 Å². The predicted octanol–water partition coefficient (Wildman–Crippen LogP) is 1.86. The van der Waals surface area contributed by atoms with Gasteiger partial charge in [0.05, 0.1) is 6.42 Å². The molecule has 1 unspecified atom stereocenters. The Morgan fingerprint density at radius 1 is 1.38 bits per heavy atom. The highest BCUT2D eigenvalue weighted by Crippen LogP contribution is 2.31. The lowest BCUT2D eigenvalue weighted by Crippen LogP contribution is -2.20. The summed E-state index contributed by atoms with van der Waals surface area (Å²) in [6.45, 7) is 4.21. The van der Waals surface area contributed by atoms with Gasteiger partial charge in [0.2, 0.25) is 5.91 Å². The molecule has 16 heavy (non-hydrogen) atoms. The van der Waals surface area contributed by atoms with Crippen molar-refractivity contribution in [2.45, 2.75) is 26.3 Å². The molecule has 0 saturated heterocycles. The lowest BCUT2D eigenvalue weighted by atomic mass is 9.95. The van der Waals surface area contributed by atoms with Gasteiger partial charge in [-0.3, -0.25) is 4.79 Å². The van der Waals surface area contributed by atoms with Crippen LogP contribution in [0.2, 0.25) is 0 Å². The Hall–Kier alpha value is -1.35. The minimum absolute atomic E-state index is 0.0475. The van der Waals surface area contributed by atoms with Gasteiger partial charge in [-0.2, -0.15) is 0 Å². The van der Waals surface area contributed by atoms with Gasteiger partial charge in [-0.1, -0.05) is 26.0 Å². The Labute approximate surface area is 96.2 Å². The number of likely N-dealkylation sites (N-methyl/N-ethyl adjacent to an activating group) is 1. The van der Waals surface area contributed by atoms with Gasteiger partial charge in [-0.05, 0) is 23.1 Å². The van der Waals surface area contributed by atoms with Crippen LogP contribution in [0.5, 0.6) is 0 Å². The van der Waals surface area contributed by atoms with E-state index in [-0.39, 0.29) is 11.9 Å². The Morgan fingerprint density at radius 3 is 2.69 bits per heavy atom. The molecule has 86 valence electrons. The molecule has 0 radical (unpaired) electrons. The first-order valence-corrected chi connectivity index (χ1v) is 5.65. The standard InChI is InChI=1S/C13H18N2O/c1-8(2)13(14)9-4-5-11-10(6-9)7-12(16)15(11)3/h4-6,8,13H,7,14H2,1-3H3. The van der Waals surface area contributed by atoms with Crippen LogP contribution < -0.4 is 10.6 Å². The maximum absolute atomic E-state index is 11.5. The van der Waals surface area contributed by atoms with E-state index >= 15 is 0 Å². The lowest BCUT2D eigenvalue weighted by Gasteiger charge is -2.17. The molecule has 2 rings (SSSR count). The van der Waals surface area contributed by atoms with Crippen LogP contribution in [0.1, 0.15) is 31.0 Å². The third-order valence-corrected chi connectivity index (χ3v) is 3.28. The number of anilines is 1. The summed E-state index contributed by atoms with van der Waals surface area (Å²) in [5, 5.41) is 0. The molecule has 0 spiro atoms. The van der Waals surface area contributed by atoms with E-state index in [1.165, 1.54) is 0 Å². The molecule has 3 nitrogen and oxygen atoms in total. The van der Waals surface area contributed by atoms with Gasteiger partial charge in [0.15, 0.2) is 0 Å². The first-order chi connectivity index (χ1) is 7.50. The number of amides is 1. The van der Waals surface area contributed by atoms with Crippen molar-refractivity contribution in [3.8, 4) is 0 Å². The SMILES string of the molecule is CC(C)C(N)c1ccc2c(c1)CC(=O)N2C. The summed E-state index contributed by atoms with van der Waals surface area (Å²) in [5.41, 5.74) is 9.34. The Bertz CT molecular complexity index is 426. The predicted molar refractivity (Wildman–Crippen MR) is 65.3 cm³/mol. The smallest absolute Gasteiger partial charge is 0.231 e. The first-order valence-electron chi connectivity index (χ1n) is 5.65. The monoisotopic (exact) mass is 218 g/mol. The third-order valence-electron chi connectivity index (χ3n) is 3.28. The zero-order chi connectivity index (χ0) is 11.9. The fraction of sp³-hybridized carbons (Fsp3) is 0.462. The molecular weight excluding hydrogens is 200 g/mol. The molecule has 3 heteroatoms. The van der Waals surface area contributed by atoms with Gasteiger partial charge < -0.3 is 10.6 Å². The minimum Gasteiger partial charge on any atom is -0.324 e. The van der Waals surface area contributed by atoms with Crippen LogP contribution >= 0.6 is 0 Å². The quantitative estimate of drug-likeness (QED) is 0.823. The van der Waals surface area contributed by atoms with Crippen LogP contribution in [0, 0.1) is 5.92 Å². The van der Waals surface area contributed by atoms with E-state index in [1.54, 1.807) is 4.90 Å². The molecule has 0 saturated carbocycles. The zero-order valence-electron chi connectivity index (χ0n) is 10.0. The fourth-order valence-corrected chi connectivity index (χ4v) is 2.08. The molecule has 1 aliphatic heterocycles. The zero-order valence-corrected chi connectivity index (χ0v) is 10.0. The molecule has 1 aliphatic rings. The van der Waals surface area contributed by atoms with Crippen molar-refractivity contribution in [3.63, 3.8) is 0 Å². The molecule has 1 amide bonds. The number of carbonyl (C=O) groups is 1.